The van der Waals surface area contributed by atoms with Gasteiger partial charge in [-0.15, -0.1) is 0 Å². The fraction of sp³-hybridized carbons (Fsp3) is 0.464. The van der Waals surface area contributed by atoms with E-state index in [1.807, 2.05) is 24.3 Å². The van der Waals surface area contributed by atoms with E-state index >= 15 is 0 Å². The van der Waals surface area contributed by atoms with Crippen molar-refractivity contribution in [2.75, 3.05) is 25.1 Å². The first-order valence-electron chi connectivity index (χ1n) is 12.9. The topological polar surface area (TPSA) is 78.3 Å². The molecule has 10 heteroatoms. The average molecular weight is 576 g/mol. The molecule has 1 aromatic carbocycles. The van der Waals surface area contributed by atoms with Crippen LogP contribution < -0.4 is 10.9 Å². The Morgan fingerprint density at radius 3 is 2.53 bits per heavy atom. The summed E-state index contributed by atoms with van der Waals surface area (Å²) in [7, 11) is -2.07. The van der Waals surface area contributed by atoms with Crippen LogP contribution in [0.3, 0.4) is 0 Å². The first-order chi connectivity index (χ1) is 17.9. The van der Waals surface area contributed by atoms with Crippen molar-refractivity contribution in [1.82, 2.24) is 14.5 Å². The second kappa shape index (κ2) is 11.9. The number of hydrogen-bond donors (Lipinski definition) is 1. The molecule has 0 unspecified atom stereocenters. The quantitative estimate of drug-likeness (QED) is 0.297. The van der Waals surface area contributed by atoms with Crippen molar-refractivity contribution < 1.29 is 9.16 Å². The van der Waals surface area contributed by atoms with E-state index in [2.05, 4.69) is 49.1 Å². The minimum absolute atomic E-state index is 0.0351. The van der Waals surface area contributed by atoms with Crippen molar-refractivity contribution >= 4 is 37.5 Å². The van der Waals surface area contributed by atoms with E-state index in [0.717, 1.165) is 37.2 Å². The number of pyridine rings is 1. The van der Waals surface area contributed by atoms with Crippen molar-refractivity contribution in [3.05, 3.63) is 74.8 Å². The summed E-state index contributed by atoms with van der Waals surface area (Å²) >= 11 is 12.5. The molecule has 1 aliphatic rings. The van der Waals surface area contributed by atoms with Gasteiger partial charge in [0.15, 0.2) is 8.32 Å². The maximum Gasteiger partial charge on any atom is 0.251 e. The molecule has 0 amide bonds. The van der Waals surface area contributed by atoms with Gasteiger partial charge in [0, 0.05) is 43.3 Å². The number of rotatable bonds is 8. The van der Waals surface area contributed by atoms with Gasteiger partial charge in [0.05, 0.1) is 28.4 Å². The molecule has 0 aliphatic carbocycles. The molecule has 3 aromatic rings. The van der Waals surface area contributed by atoms with Crippen molar-refractivity contribution in [3.63, 3.8) is 0 Å². The molecule has 1 atom stereocenters. The largest absolute Gasteiger partial charge is 0.414 e. The van der Waals surface area contributed by atoms with Gasteiger partial charge >= 0.3 is 0 Å². The second-order valence-electron chi connectivity index (χ2n) is 11.2. The standard InChI is InChI=1S/C28H36Cl2N4O3Si/c1-28(2,3)38(4,5)37-18-25(20-6-7-22(29)23(30)16-20)34-13-9-19(17-26(34)35)24-8-12-31-27(33-24)32-21-10-14-36-15-11-21/h6-9,12-13,16-17,21,25H,10-11,14-15,18H2,1-5H3,(H,31,32,33)/t25-/m1/s1. The molecule has 0 bridgehead atoms. The van der Waals surface area contributed by atoms with Gasteiger partial charge in [0.25, 0.3) is 5.56 Å². The Hall–Kier alpha value is -2.23. The number of ether oxygens (including phenoxy) is 1. The summed E-state index contributed by atoms with van der Waals surface area (Å²) in [6, 6.07) is 10.7. The molecule has 1 saturated heterocycles. The third-order valence-electron chi connectivity index (χ3n) is 7.53. The lowest BCUT2D eigenvalue weighted by Crippen LogP contribution is -2.43. The van der Waals surface area contributed by atoms with Crippen LogP contribution in [0.1, 0.15) is 45.2 Å². The molecule has 3 heterocycles. The zero-order chi connectivity index (χ0) is 27.5. The molecule has 0 radical (unpaired) electrons. The molecule has 4 rings (SSSR count). The van der Waals surface area contributed by atoms with E-state index in [-0.39, 0.29) is 22.7 Å². The zero-order valence-corrected chi connectivity index (χ0v) is 25.1. The van der Waals surface area contributed by atoms with Crippen LogP contribution in [-0.2, 0) is 9.16 Å². The van der Waals surface area contributed by atoms with Crippen LogP contribution in [0.5, 0.6) is 0 Å². The summed E-state index contributed by atoms with van der Waals surface area (Å²) in [5.41, 5.74) is 2.11. The van der Waals surface area contributed by atoms with Crippen LogP contribution in [0.2, 0.25) is 28.2 Å². The van der Waals surface area contributed by atoms with Gasteiger partial charge in [-0.3, -0.25) is 4.79 Å². The third kappa shape index (κ3) is 6.85. The summed E-state index contributed by atoms with van der Waals surface area (Å²) in [5.74, 6) is 0.551. The van der Waals surface area contributed by atoms with Crippen molar-refractivity contribution in [2.45, 2.75) is 63.8 Å². The molecular formula is C28H36Cl2N4O3Si. The number of aromatic nitrogens is 3. The molecule has 1 N–H and O–H groups in total. The molecule has 1 aliphatic heterocycles. The number of benzene rings is 1. The van der Waals surface area contributed by atoms with Gasteiger partial charge in [-0.25, -0.2) is 9.97 Å². The highest BCUT2D eigenvalue weighted by Gasteiger charge is 2.38. The normalized spacial score (nSPS) is 15.9. The monoisotopic (exact) mass is 574 g/mol. The van der Waals surface area contributed by atoms with E-state index in [1.165, 1.54) is 0 Å². The highest BCUT2D eigenvalue weighted by Crippen LogP contribution is 2.38. The summed E-state index contributed by atoms with van der Waals surface area (Å²) in [5, 5.41) is 4.33. The Balaban J connectivity index is 1.63. The minimum atomic E-state index is -2.07. The van der Waals surface area contributed by atoms with E-state index < -0.39 is 8.32 Å². The fourth-order valence-electron chi connectivity index (χ4n) is 4.08. The summed E-state index contributed by atoms with van der Waals surface area (Å²) in [4.78, 5) is 22.5. The molecular weight excluding hydrogens is 539 g/mol. The Kier molecular flexibility index (Phi) is 8.99. The maximum atomic E-state index is 13.5. The second-order valence-corrected chi connectivity index (χ2v) is 16.8. The Morgan fingerprint density at radius 1 is 1.13 bits per heavy atom. The summed E-state index contributed by atoms with van der Waals surface area (Å²) in [6.07, 6.45) is 5.34. The number of nitrogens with zero attached hydrogens (tertiary/aromatic N) is 3. The third-order valence-corrected chi connectivity index (χ3v) is 12.8. The Morgan fingerprint density at radius 2 is 1.87 bits per heavy atom. The Labute approximate surface area is 235 Å². The minimum Gasteiger partial charge on any atom is -0.414 e. The van der Waals surface area contributed by atoms with Crippen molar-refractivity contribution in [1.29, 1.82) is 0 Å². The van der Waals surface area contributed by atoms with Gasteiger partial charge in [-0.1, -0.05) is 50.0 Å². The van der Waals surface area contributed by atoms with Gasteiger partial charge in [0.1, 0.15) is 0 Å². The van der Waals surface area contributed by atoms with Crippen LogP contribution in [0.4, 0.5) is 5.95 Å². The van der Waals surface area contributed by atoms with E-state index in [4.69, 9.17) is 32.4 Å². The molecule has 2 aromatic heterocycles. The molecule has 38 heavy (non-hydrogen) atoms. The molecule has 0 saturated carbocycles. The fourth-order valence-corrected chi connectivity index (χ4v) is 5.39. The molecule has 0 spiro atoms. The van der Waals surface area contributed by atoms with Crippen molar-refractivity contribution in [2.24, 2.45) is 0 Å². The molecule has 1 fully saturated rings. The number of anilines is 1. The van der Waals surface area contributed by atoms with Crippen LogP contribution in [0.15, 0.2) is 53.6 Å². The predicted molar refractivity (Wildman–Crippen MR) is 157 cm³/mol. The summed E-state index contributed by atoms with van der Waals surface area (Å²) in [6.45, 7) is 12.8. The summed E-state index contributed by atoms with van der Waals surface area (Å²) < 4.78 is 13.7. The lowest BCUT2D eigenvalue weighted by molar-refractivity contribution is 0.0903. The van der Waals surface area contributed by atoms with Crippen molar-refractivity contribution in [3.8, 4) is 11.3 Å². The highest BCUT2D eigenvalue weighted by atomic mass is 35.5. The number of halogens is 2. The van der Waals surface area contributed by atoms with E-state index in [0.29, 0.717) is 28.3 Å². The van der Waals surface area contributed by atoms with E-state index in [1.54, 1.807) is 29.1 Å². The molecule has 7 nitrogen and oxygen atoms in total. The van der Waals surface area contributed by atoms with Gasteiger partial charge in [-0.2, -0.15) is 0 Å². The number of hydrogen-bond acceptors (Lipinski definition) is 6. The average Bonchev–Trinajstić information content (AvgIpc) is 2.87. The van der Waals surface area contributed by atoms with Gasteiger partial charge in [-0.05, 0) is 60.8 Å². The number of nitrogens with one attached hydrogen (secondary N) is 1. The lowest BCUT2D eigenvalue weighted by Gasteiger charge is -2.37. The van der Waals surface area contributed by atoms with Crippen LogP contribution >= 0.6 is 23.2 Å². The van der Waals surface area contributed by atoms with Crippen LogP contribution in [0.25, 0.3) is 11.3 Å². The first kappa shape index (κ1) is 28.8. The SMILES string of the molecule is CC(C)(C)[Si](C)(C)OC[C@H](c1ccc(Cl)c(Cl)c1)n1ccc(-c2ccnc(NC3CCOCC3)n2)cc1=O. The van der Waals surface area contributed by atoms with Crippen LogP contribution in [0, 0.1) is 0 Å². The van der Waals surface area contributed by atoms with Gasteiger partial charge < -0.3 is 19.0 Å². The lowest BCUT2D eigenvalue weighted by atomic mass is 10.1. The van der Waals surface area contributed by atoms with Crippen LogP contribution in [-0.4, -0.2) is 48.7 Å². The maximum absolute atomic E-state index is 13.5. The highest BCUT2D eigenvalue weighted by molar-refractivity contribution is 6.74. The Bertz CT molecular complexity index is 1320. The predicted octanol–water partition coefficient (Wildman–Crippen LogP) is 6.81. The first-order valence-corrected chi connectivity index (χ1v) is 16.6. The smallest absolute Gasteiger partial charge is 0.251 e. The zero-order valence-electron chi connectivity index (χ0n) is 22.6. The van der Waals surface area contributed by atoms with E-state index in [9.17, 15) is 4.79 Å². The molecule has 204 valence electrons. The van der Waals surface area contributed by atoms with Gasteiger partial charge in [0.2, 0.25) is 5.95 Å².